The van der Waals surface area contributed by atoms with Gasteiger partial charge in [-0.25, -0.2) is 0 Å². The Bertz CT molecular complexity index is 422. The van der Waals surface area contributed by atoms with Crippen LogP contribution in [0.1, 0.15) is 45.1 Å². The summed E-state index contributed by atoms with van der Waals surface area (Å²) in [4.78, 5) is 2.62. The Kier molecular flexibility index (Phi) is 4.97. The molecule has 1 aromatic rings. The van der Waals surface area contributed by atoms with E-state index in [-0.39, 0.29) is 0 Å². The van der Waals surface area contributed by atoms with Gasteiger partial charge in [-0.3, -0.25) is 4.90 Å². The molecule has 0 spiro atoms. The summed E-state index contributed by atoms with van der Waals surface area (Å²) in [5.41, 5.74) is 1.45. The third-order valence-electron chi connectivity index (χ3n) is 5.34. The van der Waals surface area contributed by atoms with Crippen molar-refractivity contribution in [1.29, 1.82) is 0 Å². The number of nitrogens with one attached hydrogen (secondary N) is 1. The molecule has 1 saturated heterocycles. The molecule has 1 unspecified atom stereocenters. The molecule has 1 aliphatic heterocycles. The lowest BCUT2D eigenvalue weighted by atomic mass is 9.73. The van der Waals surface area contributed by atoms with Crippen molar-refractivity contribution in [3.8, 4) is 0 Å². The third kappa shape index (κ3) is 4.08. The van der Waals surface area contributed by atoms with Crippen molar-refractivity contribution < 1.29 is 0 Å². The molecule has 3 rings (SSSR count). The highest BCUT2D eigenvalue weighted by Crippen LogP contribution is 2.34. The van der Waals surface area contributed by atoms with Gasteiger partial charge < -0.3 is 5.32 Å². The predicted octanol–water partition coefficient (Wildman–Crippen LogP) is 3.68. The van der Waals surface area contributed by atoms with Gasteiger partial charge in [0, 0.05) is 25.2 Å². The third-order valence-corrected chi connectivity index (χ3v) is 5.34. The minimum Gasteiger partial charge on any atom is -0.310 e. The van der Waals surface area contributed by atoms with Crippen LogP contribution in [0.2, 0.25) is 0 Å². The lowest BCUT2D eigenvalue weighted by molar-refractivity contribution is 0.122. The molecule has 1 aromatic carbocycles. The highest BCUT2D eigenvalue weighted by Gasteiger charge is 2.33. The molecule has 2 heteroatoms. The van der Waals surface area contributed by atoms with Crippen LogP contribution < -0.4 is 5.32 Å². The minimum atomic E-state index is 0.709. The van der Waals surface area contributed by atoms with E-state index in [0.29, 0.717) is 6.04 Å². The number of piperidine rings is 1. The van der Waals surface area contributed by atoms with Gasteiger partial charge in [-0.05, 0) is 49.6 Å². The SMILES string of the molecule is CC(C)C1CC(NC2CCCN(Cc3ccccc3)C2)C1. The topological polar surface area (TPSA) is 15.3 Å². The van der Waals surface area contributed by atoms with E-state index in [9.17, 15) is 0 Å². The first-order chi connectivity index (χ1) is 10.2. The Morgan fingerprint density at radius 3 is 2.62 bits per heavy atom. The van der Waals surface area contributed by atoms with Gasteiger partial charge in [0.2, 0.25) is 0 Å². The van der Waals surface area contributed by atoms with Crippen molar-refractivity contribution >= 4 is 0 Å². The monoisotopic (exact) mass is 286 g/mol. The normalized spacial score (nSPS) is 30.3. The molecule has 1 heterocycles. The molecule has 2 nitrogen and oxygen atoms in total. The van der Waals surface area contributed by atoms with Gasteiger partial charge in [0.15, 0.2) is 0 Å². The molecular formula is C19H30N2. The molecule has 21 heavy (non-hydrogen) atoms. The summed E-state index contributed by atoms with van der Waals surface area (Å²) in [7, 11) is 0. The van der Waals surface area contributed by atoms with Crippen LogP contribution in [0.15, 0.2) is 30.3 Å². The summed E-state index contributed by atoms with van der Waals surface area (Å²) in [5.74, 6) is 1.83. The second kappa shape index (κ2) is 6.93. The molecule has 0 radical (unpaired) electrons. The molecule has 0 aromatic heterocycles. The summed E-state index contributed by atoms with van der Waals surface area (Å²) >= 11 is 0. The summed E-state index contributed by atoms with van der Waals surface area (Å²) < 4.78 is 0. The Labute approximate surface area is 129 Å². The van der Waals surface area contributed by atoms with Crippen LogP contribution in [0.4, 0.5) is 0 Å². The summed E-state index contributed by atoms with van der Waals surface area (Å²) in [5, 5.41) is 3.91. The van der Waals surface area contributed by atoms with Crippen LogP contribution >= 0.6 is 0 Å². The fraction of sp³-hybridized carbons (Fsp3) is 0.684. The quantitative estimate of drug-likeness (QED) is 0.888. The number of benzene rings is 1. The Hall–Kier alpha value is -0.860. The van der Waals surface area contributed by atoms with E-state index in [4.69, 9.17) is 0 Å². The maximum atomic E-state index is 3.91. The molecule has 1 N–H and O–H groups in total. The second-order valence-corrected chi connectivity index (χ2v) is 7.40. The average Bonchev–Trinajstić information content (AvgIpc) is 2.43. The van der Waals surface area contributed by atoms with Gasteiger partial charge in [0.05, 0.1) is 0 Å². The highest BCUT2D eigenvalue weighted by molar-refractivity contribution is 5.14. The van der Waals surface area contributed by atoms with Crippen molar-refractivity contribution in [3.05, 3.63) is 35.9 Å². The van der Waals surface area contributed by atoms with Gasteiger partial charge in [0.1, 0.15) is 0 Å². The lowest BCUT2D eigenvalue weighted by Crippen LogP contribution is -2.53. The first kappa shape index (κ1) is 15.1. The van der Waals surface area contributed by atoms with Crippen LogP contribution in [0.25, 0.3) is 0 Å². The molecule has 2 aliphatic rings. The van der Waals surface area contributed by atoms with E-state index in [0.717, 1.165) is 24.4 Å². The molecule has 116 valence electrons. The molecule has 2 fully saturated rings. The summed E-state index contributed by atoms with van der Waals surface area (Å²) in [6.45, 7) is 8.31. The molecule has 1 saturated carbocycles. The first-order valence-corrected chi connectivity index (χ1v) is 8.73. The van der Waals surface area contributed by atoms with Crippen molar-refractivity contribution in [2.45, 2.75) is 58.2 Å². The van der Waals surface area contributed by atoms with Gasteiger partial charge in [-0.15, -0.1) is 0 Å². The van der Waals surface area contributed by atoms with Gasteiger partial charge in [0.25, 0.3) is 0 Å². The van der Waals surface area contributed by atoms with Crippen molar-refractivity contribution in [2.75, 3.05) is 13.1 Å². The molecule has 1 aliphatic carbocycles. The van der Waals surface area contributed by atoms with Gasteiger partial charge >= 0.3 is 0 Å². The Balaban J connectivity index is 1.44. The second-order valence-electron chi connectivity index (χ2n) is 7.40. The van der Waals surface area contributed by atoms with Gasteiger partial charge in [-0.1, -0.05) is 44.2 Å². The fourth-order valence-corrected chi connectivity index (χ4v) is 3.85. The summed E-state index contributed by atoms with van der Waals surface area (Å²) in [6, 6.07) is 12.4. The zero-order valence-electron chi connectivity index (χ0n) is 13.6. The number of hydrogen-bond donors (Lipinski definition) is 1. The number of likely N-dealkylation sites (tertiary alicyclic amines) is 1. The maximum Gasteiger partial charge on any atom is 0.0234 e. The van der Waals surface area contributed by atoms with Crippen molar-refractivity contribution in [3.63, 3.8) is 0 Å². The lowest BCUT2D eigenvalue weighted by Gasteiger charge is -2.43. The number of nitrogens with zero attached hydrogens (tertiary/aromatic N) is 1. The molecule has 1 atom stereocenters. The smallest absolute Gasteiger partial charge is 0.0234 e. The van der Waals surface area contributed by atoms with E-state index in [1.807, 2.05) is 0 Å². The van der Waals surface area contributed by atoms with E-state index < -0.39 is 0 Å². The first-order valence-electron chi connectivity index (χ1n) is 8.73. The Morgan fingerprint density at radius 2 is 1.90 bits per heavy atom. The minimum absolute atomic E-state index is 0.709. The fourth-order valence-electron chi connectivity index (χ4n) is 3.85. The maximum absolute atomic E-state index is 3.91. The van der Waals surface area contributed by atoms with Crippen LogP contribution in [-0.2, 0) is 6.54 Å². The van der Waals surface area contributed by atoms with E-state index >= 15 is 0 Å². The van der Waals surface area contributed by atoms with E-state index in [2.05, 4.69) is 54.4 Å². The molecule has 0 amide bonds. The zero-order chi connectivity index (χ0) is 14.7. The van der Waals surface area contributed by atoms with Gasteiger partial charge in [-0.2, -0.15) is 0 Å². The van der Waals surface area contributed by atoms with Crippen LogP contribution in [0, 0.1) is 11.8 Å². The number of hydrogen-bond acceptors (Lipinski definition) is 2. The summed E-state index contributed by atoms with van der Waals surface area (Å²) in [6.07, 6.45) is 5.48. The largest absolute Gasteiger partial charge is 0.310 e. The zero-order valence-corrected chi connectivity index (χ0v) is 13.6. The van der Waals surface area contributed by atoms with Crippen molar-refractivity contribution in [2.24, 2.45) is 11.8 Å². The van der Waals surface area contributed by atoms with E-state index in [1.165, 1.54) is 44.3 Å². The predicted molar refractivity (Wildman–Crippen MR) is 89.2 cm³/mol. The van der Waals surface area contributed by atoms with Crippen LogP contribution in [0.5, 0.6) is 0 Å². The van der Waals surface area contributed by atoms with E-state index in [1.54, 1.807) is 0 Å². The number of rotatable bonds is 5. The van der Waals surface area contributed by atoms with Crippen LogP contribution in [0.3, 0.4) is 0 Å². The Morgan fingerprint density at radius 1 is 1.14 bits per heavy atom. The molecular weight excluding hydrogens is 256 g/mol. The van der Waals surface area contributed by atoms with Crippen LogP contribution in [-0.4, -0.2) is 30.1 Å². The average molecular weight is 286 g/mol. The molecule has 0 bridgehead atoms. The standard InChI is InChI=1S/C19H30N2/c1-15(2)17-11-19(12-17)20-18-9-6-10-21(14-18)13-16-7-4-3-5-8-16/h3-5,7-8,15,17-20H,6,9-14H2,1-2H3. The highest BCUT2D eigenvalue weighted by atomic mass is 15.2. The van der Waals surface area contributed by atoms with Crippen molar-refractivity contribution in [1.82, 2.24) is 10.2 Å².